The van der Waals surface area contributed by atoms with Crippen LogP contribution in [0.4, 0.5) is 5.69 Å². The lowest BCUT2D eigenvalue weighted by molar-refractivity contribution is -0.136. The second-order valence-corrected chi connectivity index (χ2v) is 11.1. The van der Waals surface area contributed by atoms with E-state index >= 15 is 0 Å². The first-order valence-electron chi connectivity index (χ1n) is 13.9. The van der Waals surface area contributed by atoms with Crippen molar-refractivity contribution in [3.63, 3.8) is 0 Å². The molecule has 2 aromatic rings. The van der Waals surface area contributed by atoms with Gasteiger partial charge in [0.1, 0.15) is 6.04 Å². The number of nitrogens with one attached hydrogen (secondary N) is 1. The summed E-state index contributed by atoms with van der Waals surface area (Å²) in [6, 6.07) is 15.4. The minimum atomic E-state index is -0.933. The molecular weight excluding hydrogens is 480 g/mol. The van der Waals surface area contributed by atoms with Crippen LogP contribution in [-0.2, 0) is 9.59 Å². The number of nitrogens with zero attached hydrogens (tertiary/aromatic N) is 3. The highest BCUT2D eigenvalue weighted by atomic mass is 16.2. The van der Waals surface area contributed by atoms with E-state index in [1.54, 1.807) is 12.1 Å². The molecule has 0 spiro atoms. The Bertz CT molecular complexity index is 1250. The molecule has 198 valence electrons. The highest BCUT2D eigenvalue weighted by molar-refractivity contribution is 6.23. The third-order valence-corrected chi connectivity index (χ3v) is 8.78. The minimum Gasteiger partial charge on any atom is -0.371 e. The Kier molecular flexibility index (Phi) is 6.74. The zero-order valence-electron chi connectivity index (χ0n) is 21.6. The van der Waals surface area contributed by atoms with Crippen LogP contribution in [0.1, 0.15) is 70.7 Å². The summed E-state index contributed by atoms with van der Waals surface area (Å²) in [7, 11) is 0. The van der Waals surface area contributed by atoms with Crippen LogP contribution >= 0.6 is 0 Å². The number of likely N-dealkylation sites (tertiary alicyclic amines) is 1. The number of fused-ring (bicyclic) bond motifs is 1. The van der Waals surface area contributed by atoms with Crippen LogP contribution in [0.3, 0.4) is 0 Å². The van der Waals surface area contributed by atoms with E-state index < -0.39 is 23.8 Å². The van der Waals surface area contributed by atoms with E-state index in [9.17, 15) is 19.2 Å². The lowest BCUT2D eigenvalue weighted by Crippen LogP contribution is -2.54. The van der Waals surface area contributed by atoms with Crippen molar-refractivity contribution in [1.82, 2.24) is 15.1 Å². The zero-order chi connectivity index (χ0) is 26.2. The Morgan fingerprint density at radius 3 is 2.18 bits per heavy atom. The van der Waals surface area contributed by atoms with Crippen molar-refractivity contribution < 1.29 is 19.2 Å². The summed E-state index contributed by atoms with van der Waals surface area (Å²) >= 11 is 0. The summed E-state index contributed by atoms with van der Waals surface area (Å²) in [4.78, 5) is 55.9. The topological polar surface area (TPSA) is 90.0 Å². The number of rotatable bonds is 5. The van der Waals surface area contributed by atoms with Crippen LogP contribution in [-0.4, -0.2) is 72.2 Å². The van der Waals surface area contributed by atoms with Gasteiger partial charge in [0.15, 0.2) is 0 Å². The number of anilines is 1. The Morgan fingerprint density at radius 1 is 0.763 bits per heavy atom. The predicted molar refractivity (Wildman–Crippen MR) is 143 cm³/mol. The summed E-state index contributed by atoms with van der Waals surface area (Å²) in [6.07, 6.45) is 4.94. The molecule has 0 aromatic heterocycles. The molecule has 4 aliphatic rings. The largest absolute Gasteiger partial charge is 0.371 e. The van der Waals surface area contributed by atoms with E-state index in [-0.39, 0.29) is 18.7 Å². The summed E-state index contributed by atoms with van der Waals surface area (Å²) in [5, 5.41) is 2.24. The quantitative estimate of drug-likeness (QED) is 0.617. The van der Waals surface area contributed by atoms with Crippen LogP contribution in [0.2, 0.25) is 0 Å². The fraction of sp³-hybridized carbons (Fsp3) is 0.467. The second-order valence-electron chi connectivity index (χ2n) is 11.1. The van der Waals surface area contributed by atoms with Crippen molar-refractivity contribution in [3.8, 4) is 0 Å². The van der Waals surface area contributed by atoms with Crippen molar-refractivity contribution in [2.45, 2.75) is 50.5 Å². The molecule has 0 bridgehead atoms. The van der Waals surface area contributed by atoms with Gasteiger partial charge in [-0.2, -0.15) is 0 Å². The number of hydrogen-bond acceptors (Lipinski definition) is 6. The first-order chi connectivity index (χ1) is 18.5. The number of carbonyl (C=O) groups is 4. The van der Waals surface area contributed by atoms with E-state index in [0.29, 0.717) is 23.0 Å². The van der Waals surface area contributed by atoms with Gasteiger partial charge in [-0.1, -0.05) is 30.3 Å². The fourth-order valence-corrected chi connectivity index (χ4v) is 6.57. The molecule has 4 heterocycles. The minimum absolute atomic E-state index is 0.120. The smallest absolute Gasteiger partial charge is 0.262 e. The molecule has 1 atom stereocenters. The Labute approximate surface area is 223 Å². The van der Waals surface area contributed by atoms with Gasteiger partial charge in [-0.3, -0.25) is 29.4 Å². The predicted octanol–water partition coefficient (Wildman–Crippen LogP) is 3.18. The standard InChI is InChI=1S/C30H34N4O4/c35-27-9-8-26(28(36)31-27)34-29(37)24-7-6-23(18-25(24)30(34)38)33-16-10-20(11-17-33)19-32-14-12-22(13-15-32)21-4-2-1-3-5-21/h1-7,18,20,22,26H,8-17,19H2,(H,31,35,36). The molecule has 6 rings (SSSR count). The zero-order valence-corrected chi connectivity index (χ0v) is 21.6. The Morgan fingerprint density at radius 2 is 1.47 bits per heavy atom. The number of benzene rings is 2. The van der Waals surface area contributed by atoms with Crippen molar-refractivity contribution in [2.75, 3.05) is 37.6 Å². The molecule has 1 unspecified atom stereocenters. The van der Waals surface area contributed by atoms with Crippen LogP contribution in [0.25, 0.3) is 0 Å². The Hall–Kier alpha value is -3.52. The second kappa shape index (κ2) is 10.3. The van der Waals surface area contributed by atoms with Gasteiger partial charge < -0.3 is 9.80 Å². The summed E-state index contributed by atoms with van der Waals surface area (Å²) in [5.74, 6) is -0.515. The van der Waals surface area contributed by atoms with E-state index in [2.05, 4.69) is 45.4 Å². The molecule has 3 fully saturated rings. The van der Waals surface area contributed by atoms with E-state index in [4.69, 9.17) is 0 Å². The SMILES string of the molecule is O=C1CCC(N2C(=O)c3ccc(N4CCC(CN5CCC(c6ccccc6)CC5)CC4)cc3C2=O)C(=O)N1. The van der Waals surface area contributed by atoms with Gasteiger partial charge in [0, 0.05) is 31.7 Å². The molecular formula is C30H34N4O4. The first-order valence-corrected chi connectivity index (χ1v) is 13.9. The molecule has 8 heteroatoms. The van der Waals surface area contributed by atoms with Crippen molar-refractivity contribution >= 4 is 29.3 Å². The molecule has 2 aromatic carbocycles. The highest BCUT2D eigenvalue weighted by Gasteiger charge is 2.44. The third-order valence-electron chi connectivity index (χ3n) is 8.78. The van der Waals surface area contributed by atoms with Gasteiger partial charge in [-0.25, -0.2) is 0 Å². The molecule has 0 radical (unpaired) electrons. The number of carbonyl (C=O) groups excluding carboxylic acids is 4. The monoisotopic (exact) mass is 514 g/mol. The van der Waals surface area contributed by atoms with Gasteiger partial charge in [-0.15, -0.1) is 0 Å². The van der Waals surface area contributed by atoms with Crippen LogP contribution < -0.4 is 10.2 Å². The van der Waals surface area contributed by atoms with Crippen LogP contribution in [0.15, 0.2) is 48.5 Å². The van der Waals surface area contributed by atoms with E-state index in [0.717, 1.165) is 56.2 Å². The lowest BCUT2D eigenvalue weighted by Gasteiger charge is -2.38. The maximum atomic E-state index is 13.2. The number of amides is 4. The van der Waals surface area contributed by atoms with Gasteiger partial charge in [0.05, 0.1) is 11.1 Å². The highest BCUT2D eigenvalue weighted by Crippen LogP contribution is 2.33. The number of hydrogen-bond donors (Lipinski definition) is 1. The van der Waals surface area contributed by atoms with Gasteiger partial charge in [0.2, 0.25) is 11.8 Å². The normalized spacial score (nSPS) is 23.6. The molecule has 3 saturated heterocycles. The van der Waals surface area contributed by atoms with E-state index in [1.807, 2.05) is 6.07 Å². The van der Waals surface area contributed by atoms with Crippen molar-refractivity contribution in [3.05, 3.63) is 65.2 Å². The first kappa shape index (κ1) is 24.8. The summed E-state index contributed by atoms with van der Waals surface area (Å²) in [5.41, 5.74) is 3.09. The average molecular weight is 515 g/mol. The van der Waals surface area contributed by atoms with E-state index in [1.165, 1.54) is 18.4 Å². The Balaban J connectivity index is 1.04. The molecule has 8 nitrogen and oxygen atoms in total. The maximum absolute atomic E-state index is 13.2. The third kappa shape index (κ3) is 4.73. The molecule has 0 aliphatic carbocycles. The average Bonchev–Trinajstić information content (AvgIpc) is 3.19. The van der Waals surface area contributed by atoms with Crippen LogP contribution in [0, 0.1) is 5.92 Å². The van der Waals surface area contributed by atoms with Crippen molar-refractivity contribution in [1.29, 1.82) is 0 Å². The van der Waals surface area contributed by atoms with Crippen molar-refractivity contribution in [2.24, 2.45) is 5.92 Å². The molecule has 4 amide bonds. The number of piperidine rings is 3. The molecule has 0 saturated carbocycles. The van der Waals surface area contributed by atoms with Crippen LogP contribution in [0.5, 0.6) is 0 Å². The van der Waals surface area contributed by atoms with Gasteiger partial charge in [0.25, 0.3) is 11.8 Å². The number of imide groups is 2. The molecule has 4 aliphatic heterocycles. The summed E-state index contributed by atoms with van der Waals surface area (Å²) < 4.78 is 0. The lowest BCUT2D eigenvalue weighted by atomic mass is 9.88. The maximum Gasteiger partial charge on any atom is 0.262 e. The fourth-order valence-electron chi connectivity index (χ4n) is 6.57. The molecule has 1 N–H and O–H groups in total. The van der Waals surface area contributed by atoms with Gasteiger partial charge >= 0.3 is 0 Å². The molecule has 38 heavy (non-hydrogen) atoms. The van der Waals surface area contributed by atoms with Gasteiger partial charge in [-0.05, 0) is 80.8 Å². The summed E-state index contributed by atoms with van der Waals surface area (Å²) in [6.45, 7) is 5.30.